The number of thiophene rings is 1. The van der Waals surface area contributed by atoms with E-state index < -0.39 is 5.97 Å². The number of carboxylic acid groups (broad SMARTS) is 1. The van der Waals surface area contributed by atoms with Crippen molar-refractivity contribution in [3.63, 3.8) is 0 Å². The predicted octanol–water partition coefficient (Wildman–Crippen LogP) is 6.93. The Bertz CT molecular complexity index is 877. The molecule has 33 heavy (non-hydrogen) atoms. The van der Waals surface area contributed by atoms with Crippen molar-refractivity contribution >= 4 is 23.2 Å². The number of hydrogen-bond acceptors (Lipinski definition) is 4. The Morgan fingerprint density at radius 1 is 1.00 bits per heavy atom. The Morgan fingerprint density at radius 3 is 2.48 bits per heavy atom. The molecule has 0 spiro atoms. The first kappa shape index (κ1) is 26.9. The topological polar surface area (TPSA) is 66.8 Å². The number of hydrogen-bond donors (Lipinski definition) is 1. The molecule has 2 aromatic rings. The number of benzene rings is 1. The number of aryl methyl sites for hydroxylation is 1. The van der Waals surface area contributed by atoms with Crippen molar-refractivity contribution < 1.29 is 19.4 Å². The molecule has 0 atom stereocenters. The fourth-order valence-electron chi connectivity index (χ4n) is 3.66. The van der Waals surface area contributed by atoms with Crippen LogP contribution in [0.1, 0.15) is 82.1 Å². The van der Waals surface area contributed by atoms with E-state index in [2.05, 4.69) is 25.3 Å². The molecule has 6 heteroatoms. The second-order valence-corrected chi connectivity index (χ2v) is 9.64. The van der Waals surface area contributed by atoms with E-state index in [4.69, 9.17) is 9.84 Å². The Balaban J connectivity index is 2.04. The summed E-state index contributed by atoms with van der Waals surface area (Å²) < 4.78 is 6.07. The van der Waals surface area contributed by atoms with Gasteiger partial charge in [0.05, 0.1) is 13.2 Å². The van der Waals surface area contributed by atoms with Crippen molar-refractivity contribution in [2.24, 2.45) is 0 Å². The monoisotopic (exact) mass is 473 g/mol. The summed E-state index contributed by atoms with van der Waals surface area (Å²) in [7, 11) is 1.88. The summed E-state index contributed by atoms with van der Waals surface area (Å²) in [6, 6.07) is 8.11. The highest BCUT2D eigenvalue weighted by molar-refractivity contribution is 7.10. The van der Waals surface area contributed by atoms with Gasteiger partial charge in [-0.05, 0) is 47.9 Å². The third kappa shape index (κ3) is 9.58. The number of carboxylic acids is 1. The molecule has 0 unspecified atom stereocenters. The lowest BCUT2D eigenvalue weighted by molar-refractivity contribution is -0.137. The Kier molecular flexibility index (Phi) is 12.0. The summed E-state index contributed by atoms with van der Waals surface area (Å²) >= 11 is 1.65. The third-order valence-electron chi connectivity index (χ3n) is 5.71. The number of rotatable bonds is 16. The summed E-state index contributed by atoms with van der Waals surface area (Å²) in [6.45, 7) is 5.57. The van der Waals surface area contributed by atoms with Crippen LogP contribution < -0.4 is 4.74 Å². The van der Waals surface area contributed by atoms with E-state index in [0.717, 1.165) is 53.0 Å². The van der Waals surface area contributed by atoms with E-state index in [1.54, 1.807) is 11.3 Å². The maximum absolute atomic E-state index is 12.5. The van der Waals surface area contributed by atoms with Crippen LogP contribution in [0.4, 0.5) is 0 Å². The van der Waals surface area contributed by atoms with E-state index >= 15 is 0 Å². The van der Waals surface area contributed by atoms with Gasteiger partial charge in [0.25, 0.3) is 0 Å². The molecule has 0 bridgehead atoms. The highest BCUT2D eigenvalue weighted by Crippen LogP contribution is 2.35. The van der Waals surface area contributed by atoms with Gasteiger partial charge in [0.1, 0.15) is 5.75 Å². The van der Waals surface area contributed by atoms with Crippen LogP contribution in [0.2, 0.25) is 0 Å². The van der Waals surface area contributed by atoms with Gasteiger partial charge in [-0.1, -0.05) is 58.1 Å². The average Bonchev–Trinajstić information content (AvgIpc) is 3.25. The SMILES string of the molecule is CCCCCCCC(=O)N(C)Cc1cc(-c2ccc(CCC(=O)O)cc2OCCCC)cs1. The number of amides is 1. The summed E-state index contributed by atoms with van der Waals surface area (Å²) in [5.74, 6) is 0.203. The van der Waals surface area contributed by atoms with E-state index in [1.807, 2.05) is 30.1 Å². The highest BCUT2D eigenvalue weighted by atomic mass is 32.1. The summed E-state index contributed by atoms with van der Waals surface area (Å²) in [6.07, 6.45) is 8.98. The zero-order chi connectivity index (χ0) is 24.1. The Morgan fingerprint density at radius 2 is 1.76 bits per heavy atom. The number of carbonyl (C=O) groups excluding carboxylic acids is 1. The minimum absolute atomic E-state index is 0.106. The molecule has 182 valence electrons. The standard InChI is InChI=1S/C27H39NO4S/c1-4-6-8-9-10-11-26(29)28(3)19-23-18-22(20-33-23)24-14-12-21(13-15-27(30)31)17-25(24)32-16-7-5-2/h12,14,17-18,20H,4-11,13,15-16,19H2,1-3H3,(H,30,31). The van der Waals surface area contributed by atoms with Crippen LogP contribution in [0.15, 0.2) is 29.6 Å². The number of aliphatic carboxylic acids is 1. The molecule has 0 fully saturated rings. The third-order valence-corrected chi connectivity index (χ3v) is 6.63. The quantitative estimate of drug-likeness (QED) is 0.268. The Labute approximate surface area is 202 Å². The van der Waals surface area contributed by atoms with Crippen molar-refractivity contribution in [2.75, 3.05) is 13.7 Å². The van der Waals surface area contributed by atoms with Gasteiger partial charge in [-0.25, -0.2) is 0 Å². The molecule has 1 heterocycles. The smallest absolute Gasteiger partial charge is 0.303 e. The first-order chi connectivity index (χ1) is 15.9. The van der Waals surface area contributed by atoms with E-state index in [0.29, 0.717) is 26.0 Å². The molecule has 0 aliphatic carbocycles. The molecule has 1 N–H and O–H groups in total. The first-order valence-electron chi connectivity index (χ1n) is 12.2. The molecule has 5 nitrogen and oxygen atoms in total. The van der Waals surface area contributed by atoms with Crippen molar-refractivity contribution in [1.82, 2.24) is 4.90 Å². The predicted molar refractivity (Wildman–Crippen MR) is 136 cm³/mol. The van der Waals surface area contributed by atoms with Crippen LogP contribution in [-0.2, 0) is 22.6 Å². The fourth-order valence-corrected chi connectivity index (χ4v) is 4.59. The lowest BCUT2D eigenvalue weighted by Gasteiger charge is -2.16. The summed E-state index contributed by atoms with van der Waals surface area (Å²) in [5, 5.41) is 11.1. The van der Waals surface area contributed by atoms with Gasteiger partial charge in [0.15, 0.2) is 0 Å². The van der Waals surface area contributed by atoms with Gasteiger partial charge in [0, 0.05) is 30.3 Å². The lowest BCUT2D eigenvalue weighted by atomic mass is 10.0. The summed E-state index contributed by atoms with van der Waals surface area (Å²) in [5.41, 5.74) is 3.05. The molecule has 0 aliphatic rings. The molecule has 1 amide bonds. The van der Waals surface area contributed by atoms with Gasteiger partial charge in [0.2, 0.25) is 5.91 Å². The van der Waals surface area contributed by atoms with Crippen molar-refractivity contribution in [2.45, 2.75) is 84.6 Å². The van der Waals surface area contributed by atoms with Crippen molar-refractivity contribution in [1.29, 1.82) is 0 Å². The van der Waals surface area contributed by atoms with Crippen LogP contribution in [0.25, 0.3) is 11.1 Å². The molecule has 0 radical (unpaired) electrons. The number of nitrogens with zero attached hydrogens (tertiary/aromatic N) is 1. The van der Waals surface area contributed by atoms with Crippen molar-refractivity contribution in [3.8, 4) is 16.9 Å². The minimum Gasteiger partial charge on any atom is -0.493 e. The van der Waals surface area contributed by atoms with E-state index in [1.165, 1.54) is 19.3 Å². The number of carbonyl (C=O) groups is 2. The lowest BCUT2D eigenvalue weighted by Crippen LogP contribution is -2.25. The summed E-state index contributed by atoms with van der Waals surface area (Å²) in [4.78, 5) is 26.4. The number of unbranched alkanes of at least 4 members (excludes halogenated alkanes) is 5. The normalized spacial score (nSPS) is 10.9. The van der Waals surface area contributed by atoms with Crippen molar-refractivity contribution in [3.05, 3.63) is 40.1 Å². The zero-order valence-corrected chi connectivity index (χ0v) is 21.2. The Hall–Kier alpha value is -2.34. The van der Waals surface area contributed by atoms with Crippen LogP contribution in [0.5, 0.6) is 5.75 Å². The maximum Gasteiger partial charge on any atom is 0.303 e. The van der Waals surface area contributed by atoms with Gasteiger partial charge < -0.3 is 14.7 Å². The van der Waals surface area contributed by atoms with E-state index in [-0.39, 0.29) is 12.3 Å². The van der Waals surface area contributed by atoms with Crippen LogP contribution in [0.3, 0.4) is 0 Å². The van der Waals surface area contributed by atoms with Gasteiger partial charge in [-0.15, -0.1) is 11.3 Å². The molecule has 2 rings (SSSR count). The molecular weight excluding hydrogens is 434 g/mol. The van der Waals surface area contributed by atoms with Gasteiger partial charge in [-0.3, -0.25) is 9.59 Å². The fraction of sp³-hybridized carbons (Fsp3) is 0.556. The minimum atomic E-state index is -0.797. The second-order valence-electron chi connectivity index (χ2n) is 8.64. The largest absolute Gasteiger partial charge is 0.493 e. The molecule has 0 saturated carbocycles. The van der Waals surface area contributed by atoms with E-state index in [9.17, 15) is 9.59 Å². The second kappa shape index (κ2) is 14.7. The van der Waals surface area contributed by atoms with Crippen LogP contribution >= 0.6 is 11.3 Å². The molecule has 1 aromatic heterocycles. The maximum atomic E-state index is 12.5. The molecule has 1 aromatic carbocycles. The average molecular weight is 474 g/mol. The molecule has 0 saturated heterocycles. The number of ether oxygens (including phenoxy) is 1. The van der Waals surface area contributed by atoms with Crippen LogP contribution in [0, 0.1) is 0 Å². The molecule has 0 aliphatic heterocycles. The van der Waals surface area contributed by atoms with Gasteiger partial charge in [-0.2, -0.15) is 0 Å². The zero-order valence-electron chi connectivity index (χ0n) is 20.4. The first-order valence-corrected chi connectivity index (χ1v) is 13.1. The van der Waals surface area contributed by atoms with Crippen LogP contribution in [-0.4, -0.2) is 35.5 Å². The van der Waals surface area contributed by atoms with Gasteiger partial charge >= 0.3 is 5.97 Å². The molecular formula is C27H39NO4S. The highest BCUT2D eigenvalue weighted by Gasteiger charge is 2.14.